The van der Waals surface area contributed by atoms with Crippen LogP contribution in [0.1, 0.15) is 58.1 Å². The number of methoxy groups -OCH3 is 1. The van der Waals surface area contributed by atoms with E-state index in [1.807, 2.05) is 29.7 Å². The summed E-state index contributed by atoms with van der Waals surface area (Å²) in [6, 6.07) is 10.3. The normalized spacial score (nSPS) is 11.4. The van der Waals surface area contributed by atoms with E-state index in [0.717, 1.165) is 46.9 Å². The highest BCUT2D eigenvalue weighted by Crippen LogP contribution is 2.39. The van der Waals surface area contributed by atoms with Crippen LogP contribution in [0.25, 0.3) is 16.9 Å². The molecule has 0 atom stereocenters. The summed E-state index contributed by atoms with van der Waals surface area (Å²) in [5.74, 6) is 1.42. The highest BCUT2D eigenvalue weighted by atomic mass is 32.1. The number of thiol groups is 1. The van der Waals surface area contributed by atoms with Crippen LogP contribution >= 0.6 is 12.6 Å². The molecule has 0 saturated carbocycles. The second kappa shape index (κ2) is 9.90. The molecule has 0 amide bonds. The maximum absolute atomic E-state index is 10.8. The minimum Gasteiger partial charge on any atom is -0.507 e. The van der Waals surface area contributed by atoms with E-state index in [9.17, 15) is 5.11 Å². The smallest absolute Gasteiger partial charge is 0.169 e. The highest BCUT2D eigenvalue weighted by Gasteiger charge is 2.20. The van der Waals surface area contributed by atoms with Crippen molar-refractivity contribution in [2.75, 3.05) is 18.6 Å². The van der Waals surface area contributed by atoms with Gasteiger partial charge in [0.25, 0.3) is 0 Å². The van der Waals surface area contributed by atoms with Gasteiger partial charge in [0.2, 0.25) is 0 Å². The first-order valence-corrected chi connectivity index (χ1v) is 11.7. The maximum atomic E-state index is 10.8. The molecule has 3 rings (SSSR count). The molecule has 32 heavy (non-hydrogen) atoms. The Morgan fingerprint density at radius 1 is 1.16 bits per heavy atom. The van der Waals surface area contributed by atoms with Crippen molar-refractivity contribution in [3.05, 3.63) is 47.7 Å². The number of phenols is 1. The number of rotatable bonds is 8. The van der Waals surface area contributed by atoms with Crippen LogP contribution in [0.4, 0.5) is 5.69 Å². The van der Waals surface area contributed by atoms with Crippen LogP contribution in [-0.4, -0.2) is 34.4 Å². The van der Waals surface area contributed by atoms with Crippen LogP contribution in [0, 0.1) is 6.92 Å². The molecular formula is C26H35N3O2S. The fourth-order valence-corrected chi connectivity index (χ4v) is 4.54. The zero-order chi connectivity index (χ0) is 23.6. The molecule has 0 spiro atoms. The molecule has 5 nitrogen and oxygen atoms in total. The fourth-order valence-electron chi connectivity index (χ4n) is 4.26. The number of anilines is 1. The molecule has 1 N–H and O–H groups in total. The van der Waals surface area contributed by atoms with Gasteiger partial charge in [0, 0.05) is 18.2 Å². The summed E-state index contributed by atoms with van der Waals surface area (Å²) in [6.45, 7) is 13.8. The summed E-state index contributed by atoms with van der Waals surface area (Å²) in [4.78, 5) is 6.81. The standard InChI is InChI=1S/C26H35N3O2S/c1-8-11-28(17(4)5)22-13-19(9-10-25(22)31-7)29-23(15-27-26(29)32)21-14-20(16(2)3)18(6)12-24(21)30/h9-10,12-17,30H,8,11H2,1-7H3,(H,27,32). The number of hydrogen-bond acceptors (Lipinski definition) is 5. The summed E-state index contributed by atoms with van der Waals surface area (Å²) in [5, 5.41) is 11.4. The van der Waals surface area contributed by atoms with Gasteiger partial charge in [0.05, 0.1) is 30.4 Å². The highest BCUT2D eigenvalue weighted by molar-refractivity contribution is 7.80. The number of aromatic hydroxyl groups is 1. The van der Waals surface area contributed by atoms with Crippen molar-refractivity contribution in [1.29, 1.82) is 0 Å². The van der Waals surface area contributed by atoms with Crippen LogP contribution in [0.3, 0.4) is 0 Å². The first kappa shape index (κ1) is 24.1. The lowest BCUT2D eigenvalue weighted by atomic mass is 9.94. The summed E-state index contributed by atoms with van der Waals surface area (Å²) in [6.07, 6.45) is 2.81. The molecule has 0 aliphatic heterocycles. The van der Waals surface area contributed by atoms with Crippen LogP contribution in [0.2, 0.25) is 0 Å². The van der Waals surface area contributed by atoms with Gasteiger partial charge in [-0.1, -0.05) is 20.8 Å². The largest absolute Gasteiger partial charge is 0.507 e. The van der Waals surface area contributed by atoms with Gasteiger partial charge in [-0.3, -0.25) is 4.57 Å². The van der Waals surface area contributed by atoms with Gasteiger partial charge in [0.1, 0.15) is 11.5 Å². The Kier molecular flexibility index (Phi) is 7.44. The first-order chi connectivity index (χ1) is 15.2. The number of imidazole rings is 1. The van der Waals surface area contributed by atoms with Gasteiger partial charge in [0.15, 0.2) is 5.16 Å². The Morgan fingerprint density at radius 2 is 1.88 bits per heavy atom. The first-order valence-electron chi connectivity index (χ1n) is 11.2. The average Bonchev–Trinajstić information content (AvgIpc) is 3.12. The predicted molar refractivity (Wildman–Crippen MR) is 136 cm³/mol. The molecule has 0 fully saturated rings. The third-order valence-corrected chi connectivity index (χ3v) is 6.16. The van der Waals surface area contributed by atoms with Gasteiger partial charge in [-0.2, -0.15) is 0 Å². The maximum Gasteiger partial charge on any atom is 0.169 e. The quantitative estimate of drug-likeness (QED) is 0.377. The molecule has 1 heterocycles. The molecule has 0 saturated heterocycles. The molecule has 0 bridgehead atoms. The van der Waals surface area contributed by atoms with Crippen molar-refractivity contribution in [3.63, 3.8) is 0 Å². The number of benzene rings is 2. The Bertz CT molecular complexity index is 1090. The van der Waals surface area contributed by atoms with Gasteiger partial charge in [-0.15, -0.1) is 12.6 Å². The molecule has 1 aromatic heterocycles. The van der Waals surface area contributed by atoms with E-state index in [2.05, 4.69) is 69.3 Å². The van der Waals surface area contributed by atoms with Crippen molar-refractivity contribution >= 4 is 18.3 Å². The molecule has 6 heteroatoms. The van der Waals surface area contributed by atoms with E-state index in [1.54, 1.807) is 13.3 Å². The SMILES string of the molecule is CCCN(c1cc(-n2c(-c3cc(C(C)C)c(C)cc3O)cnc2S)ccc1OC)C(C)C. The Balaban J connectivity index is 2.21. The average molecular weight is 454 g/mol. The molecule has 0 radical (unpaired) electrons. The van der Waals surface area contributed by atoms with Gasteiger partial charge in [-0.25, -0.2) is 4.98 Å². The van der Waals surface area contributed by atoms with E-state index in [4.69, 9.17) is 4.74 Å². The third kappa shape index (κ3) is 4.60. The topological polar surface area (TPSA) is 50.5 Å². The molecule has 0 aliphatic rings. The summed E-state index contributed by atoms with van der Waals surface area (Å²) in [7, 11) is 1.70. The molecule has 0 aliphatic carbocycles. The van der Waals surface area contributed by atoms with Crippen molar-refractivity contribution in [2.24, 2.45) is 0 Å². The van der Waals surface area contributed by atoms with E-state index < -0.39 is 0 Å². The third-order valence-electron chi connectivity index (χ3n) is 5.84. The predicted octanol–water partition coefficient (Wildman–Crippen LogP) is 6.60. The number of ether oxygens (including phenoxy) is 1. The Morgan fingerprint density at radius 3 is 2.47 bits per heavy atom. The van der Waals surface area contributed by atoms with Gasteiger partial charge >= 0.3 is 0 Å². The van der Waals surface area contributed by atoms with Crippen molar-refractivity contribution < 1.29 is 9.84 Å². The zero-order valence-electron chi connectivity index (χ0n) is 20.2. The second-order valence-electron chi connectivity index (χ2n) is 8.80. The van der Waals surface area contributed by atoms with Gasteiger partial charge < -0.3 is 14.7 Å². The molecular weight excluding hydrogens is 418 g/mol. The molecule has 172 valence electrons. The van der Waals surface area contributed by atoms with Crippen molar-refractivity contribution in [3.8, 4) is 28.4 Å². The van der Waals surface area contributed by atoms with Crippen LogP contribution < -0.4 is 9.64 Å². The number of hydrogen-bond donors (Lipinski definition) is 2. The summed E-state index contributed by atoms with van der Waals surface area (Å²) in [5.41, 5.74) is 5.79. The lowest BCUT2D eigenvalue weighted by molar-refractivity contribution is 0.413. The molecule has 3 aromatic rings. The lowest BCUT2D eigenvalue weighted by Crippen LogP contribution is -2.31. The number of phenolic OH excluding ortho intramolecular Hbond substituents is 1. The Hall–Kier alpha value is -2.60. The number of nitrogens with zero attached hydrogens (tertiary/aromatic N) is 3. The lowest BCUT2D eigenvalue weighted by Gasteiger charge is -2.30. The van der Waals surface area contributed by atoms with E-state index >= 15 is 0 Å². The minimum atomic E-state index is 0.241. The summed E-state index contributed by atoms with van der Waals surface area (Å²) >= 11 is 4.64. The molecule has 2 aromatic carbocycles. The van der Waals surface area contributed by atoms with Crippen molar-refractivity contribution in [2.45, 2.75) is 65.1 Å². The monoisotopic (exact) mass is 453 g/mol. The van der Waals surface area contributed by atoms with Crippen LogP contribution in [-0.2, 0) is 0 Å². The van der Waals surface area contributed by atoms with Crippen LogP contribution in [0.15, 0.2) is 41.7 Å². The number of aromatic nitrogens is 2. The van der Waals surface area contributed by atoms with E-state index in [-0.39, 0.29) is 5.75 Å². The minimum absolute atomic E-state index is 0.241. The summed E-state index contributed by atoms with van der Waals surface area (Å²) < 4.78 is 7.67. The zero-order valence-corrected chi connectivity index (χ0v) is 21.1. The van der Waals surface area contributed by atoms with E-state index in [0.29, 0.717) is 17.1 Å². The van der Waals surface area contributed by atoms with Gasteiger partial charge in [-0.05, 0) is 74.6 Å². The second-order valence-corrected chi connectivity index (χ2v) is 9.20. The fraction of sp³-hybridized carbons (Fsp3) is 0.423. The Labute approximate surface area is 197 Å². The van der Waals surface area contributed by atoms with Crippen LogP contribution in [0.5, 0.6) is 11.5 Å². The van der Waals surface area contributed by atoms with E-state index in [1.165, 1.54) is 5.56 Å². The number of aryl methyl sites for hydroxylation is 1. The van der Waals surface area contributed by atoms with Crippen molar-refractivity contribution in [1.82, 2.24) is 9.55 Å². The molecule has 0 unspecified atom stereocenters.